The molecule has 1 amide bonds. The van der Waals surface area contributed by atoms with Gasteiger partial charge in [0.25, 0.3) is 5.91 Å². The molecule has 278 valence electrons. The average molecular weight is 740 g/mol. The van der Waals surface area contributed by atoms with Crippen LogP contribution in [0.25, 0.3) is 11.4 Å². The van der Waals surface area contributed by atoms with E-state index in [1.807, 2.05) is 60.7 Å². The molecule has 0 bridgehead atoms. The van der Waals surface area contributed by atoms with E-state index in [2.05, 4.69) is 20.7 Å². The zero-order valence-corrected chi connectivity index (χ0v) is 29.8. The Balaban J connectivity index is 1.27. The van der Waals surface area contributed by atoms with Crippen LogP contribution >= 0.6 is 0 Å². The smallest absolute Gasteiger partial charge is 0.338 e. The third-order valence-corrected chi connectivity index (χ3v) is 9.18. The maximum absolute atomic E-state index is 14.8. The number of carbonyl (C=O) groups is 3. The van der Waals surface area contributed by atoms with Crippen molar-refractivity contribution in [1.82, 2.24) is 25.5 Å². The third-order valence-electron chi connectivity index (χ3n) is 9.18. The van der Waals surface area contributed by atoms with Crippen LogP contribution in [-0.4, -0.2) is 60.2 Å². The Labute approximate surface area is 316 Å². The molecule has 7 rings (SSSR count). The van der Waals surface area contributed by atoms with E-state index in [4.69, 9.17) is 14.2 Å². The van der Waals surface area contributed by atoms with Gasteiger partial charge in [0.1, 0.15) is 47.9 Å². The highest BCUT2D eigenvalue weighted by molar-refractivity contribution is 6.17. The first-order chi connectivity index (χ1) is 26.7. The van der Waals surface area contributed by atoms with E-state index in [0.717, 1.165) is 11.1 Å². The number of carbonyl (C=O) groups excluding carboxylic acids is 3. The van der Waals surface area contributed by atoms with Gasteiger partial charge < -0.3 is 29.7 Å². The molecule has 13 nitrogen and oxygen atoms in total. The van der Waals surface area contributed by atoms with Gasteiger partial charge in [0.2, 0.25) is 11.6 Å². The van der Waals surface area contributed by atoms with Gasteiger partial charge in [-0.15, -0.1) is 10.2 Å². The van der Waals surface area contributed by atoms with Crippen LogP contribution in [0.3, 0.4) is 0 Å². The van der Waals surface area contributed by atoms with E-state index >= 15 is 0 Å². The molecule has 1 aliphatic rings. The number of hydrogen-bond acceptors (Lipinski definition) is 11. The quantitative estimate of drug-likeness (QED) is 0.0911. The fourth-order valence-electron chi connectivity index (χ4n) is 6.41. The summed E-state index contributed by atoms with van der Waals surface area (Å²) >= 11 is 0. The van der Waals surface area contributed by atoms with Gasteiger partial charge in [0.05, 0.1) is 24.2 Å². The van der Waals surface area contributed by atoms with E-state index in [0.29, 0.717) is 24.8 Å². The van der Waals surface area contributed by atoms with Crippen molar-refractivity contribution in [2.24, 2.45) is 7.05 Å². The van der Waals surface area contributed by atoms with Crippen LogP contribution < -0.4 is 14.8 Å². The molecular formula is C42H37N5O8. The second-order valence-electron chi connectivity index (χ2n) is 13.0. The maximum Gasteiger partial charge on any atom is 0.338 e. The highest BCUT2D eigenvalue weighted by Crippen LogP contribution is 2.39. The fourth-order valence-corrected chi connectivity index (χ4v) is 6.41. The lowest BCUT2D eigenvalue weighted by Crippen LogP contribution is -2.42. The summed E-state index contributed by atoms with van der Waals surface area (Å²) in [6, 6.07) is 31.4. The molecule has 1 aliphatic carbocycles. The molecule has 5 aromatic carbocycles. The van der Waals surface area contributed by atoms with Crippen molar-refractivity contribution in [2.75, 3.05) is 0 Å². The van der Waals surface area contributed by atoms with Gasteiger partial charge in [-0.05, 0) is 78.1 Å². The second-order valence-corrected chi connectivity index (χ2v) is 13.0. The summed E-state index contributed by atoms with van der Waals surface area (Å²) < 4.78 is 18.7. The Morgan fingerprint density at radius 1 is 0.764 bits per heavy atom. The average Bonchev–Trinajstić information content (AvgIpc) is 3.84. The fraction of sp³-hybridized carbons (Fsp3) is 0.190. The van der Waals surface area contributed by atoms with Crippen molar-refractivity contribution in [2.45, 2.75) is 44.6 Å². The number of rotatable bonds is 13. The first-order valence-corrected chi connectivity index (χ1v) is 17.7. The van der Waals surface area contributed by atoms with E-state index in [1.165, 1.54) is 47.3 Å². The number of nitrogens with one attached hydrogen (secondary N) is 1. The molecule has 1 fully saturated rings. The molecule has 13 heteroatoms. The van der Waals surface area contributed by atoms with Crippen molar-refractivity contribution >= 4 is 17.7 Å². The third kappa shape index (κ3) is 8.46. The van der Waals surface area contributed by atoms with Gasteiger partial charge in [0, 0.05) is 11.1 Å². The van der Waals surface area contributed by atoms with Gasteiger partial charge >= 0.3 is 5.97 Å². The van der Waals surface area contributed by atoms with Gasteiger partial charge in [-0.25, -0.2) is 4.79 Å². The Morgan fingerprint density at radius 3 is 2.00 bits per heavy atom. The lowest BCUT2D eigenvalue weighted by atomic mass is 9.94. The van der Waals surface area contributed by atoms with E-state index in [9.17, 15) is 24.6 Å². The van der Waals surface area contributed by atoms with E-state index in [1.54, 1.807) is 19.2 Å². The zero-order chi connectivity index (χ0) is 38.3. The number of aromatic nitrogens is 4. The van der Waals surface area contributed by atoms with Gasteiger partial charge in [-0.2, -0.15) is 4.80 Å². The summed E-state index contributed by atoms with van der Waals surface area (Å²) in [6.07, 6.45) is 1.19. The number of nitrogens with zero attached hydrogens (tertiary/aromatic N) is 4. The first kappa shape index (κ1) is 36.3. The minimum absolute atomic E-state index is 0.0104. The number of aryl methyl sites for hydroxylation is 1. The van der Waals surface area contributed by atoms with Crippen LogP contribution in [-0.2, 0) is 25.0 Å². The topological polar surface area (TPSA) is 175 Å². The van der Waals surface area contributed by atoms with Crippen LogP contribution in [0.4, 0.5) is 0 Å². The van der Waals surface area contributed by atoms with Crippen LogP contribution in [0.15, 0.2) is 115 Å². The molecular weight excluding hydrogens is 702 g/mol. The molecule has 0 radical (unpaired) electrons. The van der Waals surface area contributed by atoms with Crippen molar-refractivity contribution in [3.05, 3.63) is 149 Å². The molecule has 1 aromatic heterocycles. The minimum Gasteiger partial charge on any atom is -0.508 e. The van der Waals surface area contributed by atoms with Gasteiger partial charge in [-0.1, -0.05) is 72.8 Å². The van der Waals surface area contributed by atoms with Crippen LogP contribution in [0.1, 0.15) is 67.0 Å². The number of amides is 1. The molecule has 1 saturated carbocycles. The number of phenols is 2. The molecule has 6 aromatic rings. The zero-order valence-electron chi connectivity index (χ0n) is 29.8. The Bertz CT molecular complexity index is 2250. The molecule has 2 atom stereocenters. The number of hydrogen-bond donors (Lipinski definition) is 3. The molecule has 3 N–H and O–H groups in total. The monoisotopic (exact) mass is 739 g/mol. The molecule has 55 heavy (non-hydrogen) atoms. The van der Waals surface area contributed by atoms with E-state index < -0.39 is 23.9 Å². The summed E-state index contributed by atoms with van der Waals surface area (Å²) in [5, 5.41) is 36.0. The largest absolute Gasteiger partial charge is 0.508 e. The Morgan fingerprint density at radius 2 is 1.40 bits per heavy atom. The minimum atomic E-state index is -0.712. The number of ketones is 1. The van der Waals surface area contributed by atoms with Crippen molar-refractivity contribution in [3.8, 4) is 34.4 Å². The normalized spacial score (nSPS) is 14.9. The predicted octanol–water partition coefficient (Wildman–Crippen LogP) is 6.19. The van der Waals surface area contributed by atoms with Gasteiger partial charge in [-0.3, -0.25) is 9.59 Å². The molecule has 0 spiro atoms. The summed E-state index contributed by atoms with van der Waals surface area (Å²) in [5.41, 5.74) is 2.07. The highest BCUT2D eigenvalue weighted by Gasteiger charge is 2.34. The summed E-state index contributed by atoms with van der Waals surface area (Å²) in [4.78, 5) is 43.1. The first-order valence-electron chi connectivity index (χ1n) is 17.7. The van der Waals surface area contributed by atoms with Gasteiger partial charge in [0.15, 0.2) is 0 Å². The highest BCUT2D eigenvalue weighted by atomic mass is 16.5. The molecule has 0 unspecified atom stereocenters. The van der Waals surface area contributed by atoms with Crippen LogP contribution in [0, 0.1) is 0 Å². The molecule has 0 saturated heterocycles. The predicted molar refractivity (Wildman–Crippen MR) is 200 cm³/mol. The number of phenolic OH excluding ortho intramolecular Hbond substituents is 2. The SMILES string of the molecule is Cn1nnc(-c2cccc(O)c2C(=O)c2c(OCc3ccccc3)cc(C(=O)O[C@@H]3CCC[C@H]3NC(=O)c3ccc(O)cc3)cc2OCc2ccccc2)n1. The summed E-state index contributed by atoms with van der Waals surface area (Å²) in [7, 11) is 1.58. The van der Waals surface area contributed by atoms with Crippen molar-refractivity contribution in [1.29, 1.82) is 0 Å². The second kappa shape index (κ2) is 16.3. The van der Waals surface area contributed by atoms with Crippen LogP contribution in [0.2, 0.25) is 0 Å². The Hall–Kier alpha value is -7.02. The standard InChI is InChI=1S/C42H37N5O8/c1-47-45-40(44-46-47)31-14-8-16-33(49)37(31)39(50)38-35(53-24-26-10-4-2-5-11-26)22-29(23-36(38)54-25-27-12-6-3-7-13-27)42(52)55-34-17-9-15-32(34)43-41(51)28-18-20-30(48)21-19-28/h2-8,10-14,16,18-23,32,34,48-49H,9,15,17,24-25H2,1H3,(H,43,51)/t32-,34-/m1/s1. The number of esters is 1. The lowest BCUT2D eigenvalue weighted by Gasteiger charge is -2.22. The Kier molecular flexibility index (Phi) is 10.8. The summed E-state index contributed by atoms with van der Waals surface area (Å²) in [5.74, 6) is -1.89. The molecule has 1 heterocycles. The summed E-state index contributed by atoms with van der Waals surface area (Å²) in [6.45, 7) is 0.0656. The molecule has 0 aliphatic heterocycles. The number of benzene rings is 5. The van der Waals surface area contributed by atoms with Crippen molar-refractivity contribution < 1.29 is 38.8 Å². The number of tetrazole rings is 1. The van der Waals surface area contributed by atoms with E-state index in [-0.39, 0.29) is 70.2 Å². The van der Waals surface area contributed by atoms with Crippen molar-refractivity contribution in [3.63, 3.8) is 0 Å². The van der Waals surface area contributed by atoms with Crippen LogP contribution in [0.5, 0.6) is 23.0 Å². The number of ether oxygens (including phenoxy) is 3. The number of aromatic hydroxyl groups is 2. The maximum atomic E-state index is 14.8. The lowest BCUT2D eigenvalue weighted by molar-refractivity contribution is 0.0249.